The third kappa shape index (κ3) is 3.22. The van der Waals surface area contributed by atoms with Gasteiger partial charge in [0.25, 0.3) is 10.0 Å². The summed E-state index contributed by atoms with van der Waals surface area (Å²) in [5.74, 6) is -2.14. The second kappa shape index (κ2) is 5.57. The highest BCUT2D eigenvalue weighted by Crippen LogP contribution is 2.28. The van der Waals surface area contributed by atoms with Crippen LogP contribution in [0.2, 0.25) is 0 Å². The summed E-state index contributed by atoms with van der Waals surface area (Å²) in [5.41, 5.74) is 5.67. The second-order valence-corrected chi connectivity index (χ2v) is 5.80. The zero-order valence-electron chi connectivity index (χ0n) is 10.9. The molecule has 8 heteroatoms. The Labute approximate surface area is 120 Å². The molecule has 0 spiro atoms. The normalized spacial score (nSPS) is 11.2. The van der Waals surface area contributed by atoms with Crippen molar-refractivity contribution in [1.82, 2.24) is 0 Å². The molecule has 112 valence electrons. The Morgan fingerprint density at radius 2 is 1.81 bits per heavy atom. The van der Waals surface area contributed by atoms with E-state index in [-0.39, 0.29) is 22.0 Å². The molecule has 0 atom stereocenters. The van der Waals surface area contributed by atoms with Crippen LogP contribution in [-0.2, 0) is 10.0 Å². The molecule has 0 aliphatic heterocycles. The van der Waals surface area contributed by atoms with Crippen molar-refractivity contribution < 1.29 is 21.9 Å². The number of rotatable bonds is 4. The lowest BCUT2D eigenvalue weighted by Crippen LogP contribution is -2.14. The Hall–Kier alpha value is -2.35. The third-order valence-electron chi connectivity index (χ3n) is 2.65. The van der Waals surface area contributed by atoms with Crippen LogP contribution in [0.15, 0.2) is 41.3 Å². The predicted octanol–water partition coefficient (Wildman–Crippen LogP) is 2.36. The molecule has 0 amide bonds. The van der Waals surface area contributed by atoms with Gasteiger partial charge in [-0.2, -0.15) is 0 Å². The van der Waals surface area contributed by atoms with Gasteiger partial charge in [0.15, 0.2) is 11.6 Å². The van der Waals surface area contributed by atoms with Crippen LogP contribution in [-0.4, -0.2) is 15.5 Å². The number of hydrogen-bond acceptors (Lipinski definition) is 4. The van der Waals surface area contributed by atoms with E-state index in [9.17, 15) is 17.2 Å². The van der Waals surface area contributed by atoms with Crippen molar-refractivity contribution in [3.63, 3.8) is 0 Å². The molecule has 0 bridgehead atoms. The molecule has 0 fully saturated rings. The van der Waals surface area contributed by atoms with Crippen LogP contribution in [0.3, 0.4) is 0 Å². The van der Waals surface area contributed by atoms with Crippen LogP contribution >= 0.6 is 0 Å². The Morgan fingerprint density at radius 1 is 1.10 bits per heavy atom. The van der Waals surface area contributed by atoms with Gasteiger partial charge >= 0.3 is 0 Å². The highest BCUT2D eigenvalue weighted by molar-refractivity contribution is 7.92. The molecule has 0 radical (unpaired) electrons. The Kier molecular flexibility index (Phi) is 3.99. The molecular formula is C13H12F2N2O3S. The number of nitrogen functional groups attached to an aromatic ring is 1. The fraction of sp³-hybridized carbons (Fsp3) is 0.0769. The van der Waals surface area contributed by atoms with Gasteiger partial charge in [-0.15, -0.1) is 0 Å². The number of nitrogens with two attached hydrogens (primary N) is 1. The molecule has 0 aliphatic rings. The summed E-state index contributed by atoms with van der Waals surface area (Å²) >= 11 is 0. The molecular weight excluding hydrogens is 302 g/mol. The van der Waals surface area contributed by atoms with E-state index in [4.69, 9.17) is 10.5 Å². The van der Waals surface area contributed by atoms with Gasteiger partial charge in [-0.1, -0.05) is 0 Å². The average Bonchev–Trinajstić information content (AvgIpc) is 2.42. The van der Waals surface area contributed by atoms with Crippen molar-refractivity contribution in [3.8, 4) is 5.75 Å². The SMILES string of the molecule is COc1ccc(N)cc1S(=O)(=O)Nc1ccc(F)c(F)c1. The minimum absolute atomic E-state index is 0.0827. The molecule has 0 saturated carbocycles. The van der Waals surface area contributed by atoms with Crippen LogP contribution < -0.4 is 15.2 Å². The zero-order chi connectivity index (χ0) is 15.6. The van der Waals surface area contributed by atoms with Gasteiger partial charge in [0.1, 0.15) is 10.6 Å². The lowest BCUT2D eigenvalue weighted by molar-refractivity contribution is 0.403. The average molecular weight is 314 g/mol. The third-order valence-corrected chi connectivity index (χ3v) is 4.05. The number of halogens is 2. The molecule has 0 saturated heterocycles. The molecule has 0 unspecified atom stereocenters. The summed E-state index contributed by atoms with van der Waals surface area (Å²) in [7, 11) is -2.74. The number of hydrogen-bond donors (Lipinski definition) is 2. The second-order valence-electron chi connectivity index (χ2n) is 4.14. The van der Waals surface area contributed by atoms with Crippen molar-refractivity contribution in [2.24, 2.45) is 0 Å². The Bertz CT molecular complexity index is 779. The number of nitrogens with one attached hydrogen (secondary N) is 1. The van der Waals surface area contributed by atoms with Crippen LogP contribution in [0.25, 0.3) is 0 Å². The predicted molar refractivity (Wildman–Crippen MR) is 74.6 cm³/mol. The molecule has 21 heavy (non-hydrogen) atoms. The van der Waals surface area contributed by atoms with Crippen molar-refractivity contribution in [3.05, 3.63) is 48.0 Å². The van der Waals surface area contributed by atoms with E-state index < -0.39 is 21.7 Å². The molecule has 2 rings (SSSR count). The molecule has 2 aromatic carbocycles. The first-order valence-corrected chi connectivity index (χ1v) is 7.23. The van der Waals surface area contributed by atoms with Crippen LogP contribution in [0, 0.1) is 11.6 Å². The smallest absolute Gasteiger partial charge is 0.265 e. The molecule has 3 N–H and O–H groups in total. The van der Waals surface area contributed by atoms with Gasteiger partial charge in [0, 0.05) is 11.8 Å². The number of anilines is 2. The lowest BCUT2D eigenvalue weighted by Gasteiger charge is -2.12. The fourth-order valence-electron chi connectivity index (χ4n) is 1.67. The molecule has 0 aromatic heterocycles. The van der Waals surface area contributed by atoms with Gasteiger partial charge in [-0.25, -0.2) is 17.2 Å². The summed E-state index contributed by atoms with van der Waals surface area (Å²) in [5, 5.41) is 0. The first-order chi connectivity index (χ1) is 9.83. The Balaban J connectivity index is 2.42. The minimum Gasteiger partial charge on any atom is -0.495 e. The van der Waals surface area contributed by atoms with E-state index >= 15 is 0 Å². The first-order valence-electron chi connectivity index (χ1n) is 5.75. The monoisotopic (exact) mass is 314 g/mol. The summed E-state index contributed by atoms with van der Waals surface area (Å²) in [6.45, 7) is 0. The first kappa shape index (κ1) is 15.0. The number of benzene rings is 2. The highest BCUT2D eigenvalue weighted by atomic mass is 32.2. The van der Waals surface area contributed by atoms with Crippen molar-refractivity contribution in [2.45, 2.75) is 4.90 Å². The minimum atomic E-state index is -4.05. The summed E-state index contributed by atoms with van der Waals surface area (Å²) in [6, 6.07) is 6.76. The van der Waals surface area contributed by atoms with Crippen molar-refractivity contribution >= 4 is 21.4 Å². The van der Waals surface area contributed by atoms with E-state index in [1.807, 2.05) is 0 Å². The van der Waals surface area contributed by atoms with Gasteiger partial charge in [-0.3, -0.25) is 4.72 Å². The quantitative estimate of drug-likeness (QED) is 0.849. The molecule has 5 nitrogen and oxygen atoms in total. The lowest BCUT2D eigenvalue weighted by atomic mass is 10.3. The number of sulfonamides is 1. The zero-order valence-corrected chi connectivity index (χ0v) is 11.7. The maximum Gasteiger partial charge on any atom is 0.265 e. The fourth-order valence-corrected chi connectivity index (χ4v) is 2.93. The molecule has 0 aliphatic carbocycles. The van der Waals surface area contributed by atoms with Crippen LogP contribution in [0.1, 0.15) is 0 Å². The van der Waals surface area contributed by atoms with E-state index in [1.165, 1.54) is 25.3 Å². The van der Waals surface area contributed by atoms with Gasteiger partial charge in [0.05, 0.1) is 12.8 Å². The van der Waals surface area contributed by atoms with E-state index in [1.54, 1.807) is 0 Å². The summed E-state index contributed by atoms with van der Waals surface area (Å²) < 4.78 is 57.6. The van der Waals surface area contributed by atoms with Crippen molar-refractivity contribution in [2.75, 3.05) is 17.6 Å². The van der Waals surface area contributed by atoms with Crippen LogP contribution in [0.4, 0.5) is 20.2 Å². The van der Waals surface area contributed by atoms with Gasteiger partial charge < -0.3 is 10.5 Å². The van der Waals surface area contributed by atoms with Crippen LogP contribution in [0.5, 0.6) is 5.75 Å². The molecule has 2 aromatic rings. The van der Waals surface area contributed by atoms with E-state index in [0.717, 1.165) is 18.2 Å². The summed E-state index contributed by atoms with van der Waals surface area (Å²) in [6.07, 6.45) is 0. The topological polar surface area (TPSA) is 81.4 Å². The highest BCUT2D eigenvalue weighted by Gasteiger charge is 2.20. The number of methoxy groups -OCH3 is 1. The summed E-state index contributed by atoms with van der Waals surface area (Å²) in [4.78, 5) is -0.199. The Morgan fingerprint density at radius 3 is 2.43 bits per heavy atom. The van der Waals surface area contributed by atoms with Gasteiger partial charge in [-0.05, 0) is 30.3 Å². The van der Waals surface area contributed by atoms with E-state index in [2.05, 4.69) is 4.72 Å². The van der Waals surface area contributed by atoms with Gasteiger partial charge in [0.2, 0.25) is 0 Å². The van der Waals surface area contributed by atoms with E-state index in [0.29, 0.717) is 0 Å². The number of ether oxygens (including phenoxy) is 1. The standard InChI is InChI=1S/C13H12F2N2O3S/c1-20-12-5-2-8(16)6-13(12)21(18,19)17-9-3-4-10(14)11(15)7-9/h2-7,17H,16H2,1H3. The largest absolute Gasteiger partial charge is 0.495 e. The van der Waals surface area contributed by atoms with Crippen molar-refractivity contribution in [1.29, 1.82) is 0 Å². The maximum absolute atomic E-state index is 13.1. The maximum atomic E-state index is 13.1. The molecule has 0 heterocycles.